The zero-order chi connectivity index (χ0) is 13.9. The van der Waals surface area contributed by atoms with Gasteiger partial charge in [-0.1, -0.05) is 0 Å². The van der Waals surface area contributed by atoms with Gasteiger partial charge in [0.15, 0.2) is 0 Å². The molecule has 2 N–H and O–H groups in total. The van der Waals surface area contributed by atoms with Crippen LogP contribution in [0, 0.1) is 0 Å². The van der Waals surface area contributed by atoms with Gasteiger partial charge in [-0.2, -0.15) is 10.1 Å². The van der Waals surface area contributed by atoms with Crippen molar-refractivity contribution in [2.45, 2.75) is 13.5 Å². The third-order valence-electron chi connectivity index (χ3n) is 2.87. The van der Waals surface area contributed by atoms with Crippen molar-refractivity contribution in [3.05, 3.63) is 29.4 Å². The molecular formula is C13H16N6S. The number of nitrogens with one attached hydrogen (secondary N) is 2. The van der Waals surface area contributed by atoms with Gasteiger partial charge in [0.2, 0.25) is 5.95 Å². The first-order valence-electron chi connectivity index (χ1n) is 6.48. The Morgan fingerprint density at radius 3 is 2.90 bits per heavy atom. The van der Waals surface area contributed by atoms with Crippen molar-refractivity contribution < 1.29 is 0 Å². The summed E-state index contributed by atoms with van der Waals surface area (Å²) in [5.74, 6) is 1.50. The molecule has 6 nitrogen and oxygen atoms in total. The first-order chi connectivity index (χ1) is 9.76. The molecule has 7 heteroatoms. The molecule has 0 saturated carbocycles. The number of nitrogens with zero attached hydrogens (tertiary/aromatic N) is 4. The second-order valence-corrected chi connectivity index (χ2v) is 5.29. The number of fused-ring (bicyclic) bond motifs is 1. The number of aryl methyl sites for hydroxylation is 1. The second-order valence-electron chi connectivity index (χ2n) is 4.40. The van der Waals surface area contributed by atoms with E-state index < -0.39 is 0 Å². The molecule has 0 aliphatic heterocycles. The highest BCUT2D eigenvalue weighted by molar-refractivity contribution is 7.16. The molecule has 0 spiro atoms. The van der Waals surface area contributed by atoms with Crippen LogP contribution in [0.5, 0.6) is 0 Å². The van der Waals surface area contributed by atoms with Gasteiger partial charge in [-0.15, -0.1) is 11.3 Å². The lowest BCUT2D eigenvalue weighted by atomic mass is 10.3. The Morgan fingerprint density at radius 2 is 2.15 bits per heavy atom. The number of thiophene rings is 1. The van der Waals surface area contributed by atoms with Gasteiger partial charge in [0.05, 0.1) is 17.6 Å². The molecule has 104 valence electrons. The molecule has 0 amide bonds. The minimum absolute atomic E-state index is 0.647. The lowest BCUT2D eigenvalue weighted by Gasteiger charge is -2.08. The van der Waals surface area contributed by atoms with E-state index in [9.17, 15) is 0 Å². The highest BCUT2D eigenvalue weighted by Crippen LogP contribution is 2.26. The molecule has 3 rings (SSSR count). The molecule has 0 aliphatic carbocycles. The number of hydrogen-bond acceptors (Lipinski definition) is 6. The fourth-order valence-electron chi connectivity index (χ4n) is 1.96. The van der Waals surface area contributed by atoms with Crippen LogP contribution in [0.1, 0.15) is 12.6 Å². The van der Waals surface area contributed by atoms with E-state index in [2.05, 4.69) is 25.7 Å². The van der Waals surface area contributed by atoms with Gasteiger partial charge in [-0.05, 0) is 24.4 Å². The van der Waals surface area contributed by atoms with Crippen molar-refractivity contribution in [2.75, 3.05) is 17.2 Å². The van der Waals surface area contributed by atoms with E-state index in [4.69, 9.17) is 0 Å². The number of aromatic nitrogens is 4. The Balaban J connectivity index is 1.87. The smallest absolute Gasteiger partial charge is 0.226 e. The van der Waals surface area contributed by atoms with Crippen LogP contribution in [0.4, 0.5) is 11.8 Å². The van der Waals surface area contributed by atoms with E-state index in [0.29, 0.717) is 12.5 Å². The molecule has 0 saturated heterocycles. The average molecular weight is 288 g/mol. The fourth-order valence-corrected chi connectivity index (χ4v) is 2.72. The van der Waals surface area contributed by atoms with E-state index in [0.717, 1.165) is 28.3 Å². The van der Waals surface area contributed by atoms with E-state index in [1.54, 1.807) is 16.0 Å². The standard InChI is InChI=1S/C13H16N6S/c1-3-14-13-16-11(10-5-7-20-12(10)17-13)15-8-9-4-6-19(2)18-9/h4-7H,3,8H2,1-2H3,(H2,14,15,16,17). The van der Waals surface area contributed by atoms with Crippen LogP contribution < -0.4 is 10.6 Å². The lowest BCUT2D eigenvalue weighted by Crippen LogP contribution is -2.07. The van der Waals surface area contributed by atoms with Crippen molar-refractivity contribution in [3.63, 3.8) is 0 Å². The van der Waals surface area contributed by atoms with Crippen LogP contribution in [0.25, 0.3) is 10.2 Å². The largest absolute Gasteiger partial charge is 0.364 e. The Bertz CT molecular complexity index is 717. The van der Waals surface area contributed by atoms with E-state index in [1.807, 2.05) is 37.7 Å². The highest BCUT2D eigenvalue weighted by atomic mass is 32.1. The molecule has 3 heterocycles. The SMILES string of the molecule is CCNc1nc(NCc2ccn(C)n2)c2ccsc2n1. The molecule has 0 bridgehead atoms. The number of rotatable bonds is 5. The summed E-state index contributed by atoms with van der Waals surface area (Å²) in [7, 11) is 1.91. The van der Waals surface area contributed by atoms with Crippen LogP contribution in [0.15, 0.2) is 23.7 Å². The van der Waals surface area contributed by atoms with Crippen molar-refractivity contribution >= 4 is 33.3 Å². The monoisotopic (exact) mass is 288 g/mol. The van der Waals surface area contributed by atoms with Gasteiger partial charge in [0, 0.05) is 19.8 Å². The average Bonchev–Trinajstić information content (AvgIpc) is 3.05. The summed E-state index contributed by atoms with van der Waals surface area (Å²) < 4.78 is 1.79. The predicted molar refractivity (Wildman–Crippen MR) is 82.1 cm³/mol. The van der Waals surface area contributed by atoms with Crippen LogP contribution in [0.3, 0.4) is 0 Å². The maximum atomic E-state index is 4.52. The summed E-state index contributed by atoms with van der Waals surface area (Å²) in [5, 5.41) is 13.9. The Hall–Kier alpha value is -2.15. The molecule has 0 fully saturated rings. The van der Waals surface area contributed by atoms with Gasteiger partial charge in [0.25, 0.3) is 0 Å². The molecule has 0 radical (unpaired) electrons. The zero-order valence-electron chi connectivity index (χ0n) is 11.4. The third kappa shape index (κ3) is 2.57. The molecular weight excluding hydrogens is 272 g/mol. The van der Waals surface area contributed by atoms with Gasteiger partial charge >= 0.3 is 0 Å². The topological polar surface area (TPSA) is 67.7 Å². The highest BCUT2D eigenvalue weighted by Gasteiger charge is 2.08. The van der Waals surface area contributed by atoms with E-state index in [1.165, 1.54) is 0 Å². The summed E-state index contributed by atoms with van der Waals surface area (Å²) in [6.45, 7) is 3.48. The van der Waals surface area contributed by atoms with Crippen molar-refractivity contribution in [1.29, 1.82) is 0 Å². The molecule has 0 aliphatic rings. The molecule has 3 aromatic rings. The number of hydrogen-bond donors (Lipinski definition) is 2. The first kappa shape index (κ1) is 12.9. The molecule has 0 aromatic carbocycles. The van der Waals surface area contributed by atoms with E-state index >= 15 is 0 Å². The molecule has 20 heavy (non-hydrogen) atoms. The minimum Gasteiger partial charge on any atom is -0.364 e. The first-order valence-corrected chi connectivity index (χ1v) is 7.35. The zero-order valence-corrected chi connectivity index (χ0v) is 12.2. The number of anilines is 2. The summed E-state index contributed by atoms with van der Waals surface area (Å²) in [5.41, 5.74) is 0.986. The summed E-state index contributed by atoms with van der Waals surface area (Å²) in [4.78, 5) is 9.99. The van der Waals surface area contributed by atoms with Crippen LogP contribution >= 0.6 is 11.3 Å². The van der Waals surface area contributed by atoms with Crippen LogP contribution in [-0.2, 0) is 13.6 Å². The second kappa shape index (κ2) is 5.46. The molecule has 3 aromatic heterocycles. The molecule has 0 atom stereocenters. The minimum atomic E-state index is 0.647. The molecule has 0 unspecified atom stereocenters. The maximum Gasteiger partial charge on any atom is 0.226 e. The van der Waals surface area contributed by atoms with Gasteiger partial charge in [-0.3, -0.25) is 4.68 Å². The van der Waals surface area contributed by atoms with Crippen molar-refractivity contribution in [2.24, 2.45) is 7.05 Å². The Morgan fingerprint density at radius 1 is 1.25 bits per heavy atom. The summed E-state index contributed by atoms with van der Waals surface area (Å²) in [6, 6.07) is 4.03. The maximum absolute atomic E-state index is 4.52. The van der Waals surface area contributed by atoms with Crippen LogP contribution in [0.2, 0.25) is 0 Å². The van der Waals surface area contributed by atoms with Crippen molar-refractivity contribution in [1.82, 2.24) is 19.7 Å². The summed E-state index contributed by atoms with van der Waals surface area (Å²) >= 11 is 1.62. The summed E-state index contributed by atoms with van der Waals surface area (Å²) in [6.07, 6.45) is 1.93. The fraction of sp³-hybridized carbons (Fsp3) is 0.308. The van der Waals surface area contributed by atoms with Gasteiger partial charge in [0.1, 0.15) is 10.6 Å². The predicted octanol–water partition coefficient (Wildman–Crippen LogP) is 2.47. The third-order valence-corrected chi connectivity index (χ3v) is 3.67. The lowest BCUT2D eigenvalue weighted by molar-refractivity contribution is 0.747. The van der Waals surface area contributed by atoms with Gasteiger partial charge < -0.3 is 10.6 Å². The normalized spacial score (nSPS) is 10.9. The van der Waals surface area contributed by atoms with E-state index in [-0.39, 0.29) is 0 Å². The van der Waals surface area contributed by atoms with Gasteiger partial charge in [-0.25, -0.2) is 4.98 Å². The Labute approximate surface area is 120 Å². The Kier molecular flexibility index (Phi) is 3.51. The van der Waals surface area contributed by atoms with Crippen molar-refractivity contribution in [3.8, 4) is 0 Å². The quantitative estimate of drug-likeness (QED) is 0.755. The van der Waals surface area contributed by atoms with Crippen LogP contribution in [-0.4, -0.2) is 26.3 Å².